The van der Waals surface area contributed by atoms with Gasteiger partial charge in [-0.15, -0.1) is 0 Å². The number of halogens is 2. The molecule has 0 aliphatic carbocycles. The summed E-state index contributed by atoms with van der Waals surface area (Å²) in [6.45, 7) is 1.86. The van der Waals surface area contributed by atoms with Crippen LogP contribution in [0.1, 0.15) is 19.0 Å². The van der Waals surface area contributed by atoms with Crippen LogP contribution in [0.25, 0.3) is 11.3 Å². The number of rotatable bonds is 7. The van der Waals surface area contributed by atoms with Crippen LogP contribution in [-0.2, 0) is 11.2 Å². The van der Waals surface area contributed by atoms with Crippen LogP contribution in [0.3, 0.4) is 0 Å². The predicted octanol–water partition coefficient (Wildman–Crippen LogP) is 4.84. The second kappa shape index (κ2) is 8.68. The molecule has 0 aliphatic heterocycles. The molecule has 1 aromatic heterocycles. The first-order valence-electron chi connectivity index (χ1n) is 8.58. The van der Waals surface area contributed by atoms with Crippen LogP contribution in [0.2, 0.25) is 5.02 Å². The predicted molar refractivity (Wildman–Crippen MR) is 104 cm³/mol. The first kappa shape index (κ1) is 18.9. The molecule has 3 rings (SSSR count). The molecule has 2 N–H and O–H groups in total. The molecule has 0 saturated carbocycles. The largest absolute Gasteiger partial charge is 0.484 e. The Morgan fingerprint density at radius 2 is 2.04 bits per heavy atom. The van der Waals surface area contributed by atoms with Crippen LogP contribution in [0.5, 0.6) is 5.75 Å². The van der Waals surface area contributed by atoms with Gasteiger partial charge < -0.3 is 10.1 Å². The average molecular weight is 388 g/mol. The van der Waals surface area contributed by atoms with Crippen molar-refractivity contribution >= 4 is 23.2 Å². The summed E-state index contributed by atoms with van der Waals surface area (Å²) >= 11 is 5.83. The van der Waals surface area contributed by atoms with Crippen LogP contribution in [0.4, 0.5) is 10.1 Å². The second-order valence-corrected chi connectivity index (χ2v) is 6.41. The molecule has 0 unspecified atom stereocenters. The fourth-order valence-electron chi connectivity index (χ4n) is 2.64. The van der Waals surface area contributed by atoms with Gasteiger partial charge >= 0.3 is 0 Å². The summed E-state index contributed by atoms with van der Waals surface area (Å²) < 4.78 is 19.1. The first-order chi connectivity index (χ1) is 13.1. The molecule has 140 valence electrons. The number of amides is 1. The first-order valence-corrected chi connectivity index (χ1v) is 8.96. The number of ether oxygens (including phenoxy) is 1. The summed E-state index contributed by atoms with van der Waals surface area (Å²) in [4.78, 5) is 12.4. The Morgan fingerprint density at radius 3 is 2.74 bits per heavy atom. The molecule has 0 saturated heterocycles. The van der Waals surface area contributed by atoms with E-state index in [9.17, 15) is 9.18 Å². The summed E-state index contributed by atoms with van der Waals surface area (Å²) in [7, 11) is 0. The summed E-state index contributed by atoms with van der Waals surface area (Å²) in [5, 5.41) is 10.6. The summed E-state index contributed by atoms with van der Waals surface area (Å²) in [6.07, 6.45) is 1.57. The van der Waals surface area contributed by atoms with Crippen molar-refractivity contribution in [3.05, 3.63) is 65.1 Å². The lowest BCUT2D eigenvalue weighted by Gasteiger charge is -2.10. The van der Waals surface area contributed by atoms with Gasteiger partial charge in [-0.05, 0) is 42.8 Å². The number of aromatic nitrogens is 2. The Labute approximate surface area is 161 Å². The van der Waals surface area contributed by atoms with Crippen molar-refractivity contribution in [2.45, 2.75) is 19.8 Å². The van der Waals surface area contributed by atoms with Gasteiger partial charge in [0.15, 0.2) is 6.61 Å². The summed E-state index contributed by atoms with van der Waals surface area (Å²) in [5.41, 5.74) is 2.42. The monoisotopic (exact) mass is 387 g/mol. The van der Waals surface area contributed by atoms with Gasteiger partial charge in [0.25, 0.3) is 5.91 Å². The number of nitrogens with zero attached hydrogens (tertiary/aromatic N) is 1. The van der Waals surface area contributed by atoms with E-state index in [1.165, 1.54) is 12.1 Å². The van der Waals surface area contributed by atoms with Gasteiger partial charge in [0.1, 0.15) is 17.3 Å². The zero-order chi connectivity index (χ0) is 19.2. The minimum atomic E-state index is -0.365. The van der Waals surface area contributed by atoms with Gasteiger partial charge in [0, 0.05) is 10.6 Å². The zero-order valence-electron chi connectivity index (χ0n) is 14.8. The number of aromatic amines is 1. The number of hydrogen-bond donors (Lipinski definition) is 2. The van der Waals surface area contributed by atoms with Gasteiger partial charge in [-0.25, -0.2) is 4.39 Å². The molecular formula is C20H19ClFN3O2. The molecule has 1 heterocycles. The topological polar surface area (TPSA) is 67.0 Å². The van der Waals surface area contributed by atoms with Crippen molar-refractivity contribution in [1.82, 2.24) is 10.2 Å². The third kappa shape index (κ3) is 4.86. The molecule has 27 heavy (non-hydrogen) atoms. The summed E-state index contributed by atoms with van der Waals surface area (Å²) in [6, 6.07) is 12.8. The maximum Gasteiger partial charge on any atom is 0.262 e. The number of hydrogen-bond acceptors (Lipinski definition) is 3. The second-order valence-electron chi connectivity index (χ2n) is 5.98. The highest BCUT2D eigenvalue weighted by Crippen LogP contribution is 2.30. The normalized spacial score (nSPS) is 10.6. The number of H-pyrrole nitrogens is 1. The van der Waals surface area contributed by atoms with Gasteiger partial charge in [-0.1, -0.05) is 37.1 Å². The Hall–Kier alpha value is -2.86. The molecule has 0 aliphatic rings. The smallest absolute Gasteiger partial charge is 0.262 e. The number of anilines is 1. The summed E-state index contributed by atoms with van der Waals surface area (Å²) in [5.74, 6) is -0.155. The maximum absolute atomic E-state index is 13.6. The average Bonchev–Trinajstić information content (AvgIpc) is 3.04. The van der Waals surface area contributed by atoms with Gasteiger partial charge in [0.05, 0.1) is 11.4 Å². The van der Waals surface area contributed by atoms with Gasteiger partial charge in [0.2, 0.25) is 0 Å². The van der Waals surface area contributed by atoms with Crippen molar-refractivity contribution < 1.29 is 13.9 Å². The lowest BCUT2D eigenvalue weighted by Crippen LogP contribution is -2.21. The van der Waals surface area contributed by atoms with Crippen LogP contribution >= 0.6 is 11.6 Å². The molecule has 0 bridgehead atoms. The van der Waals surface area contributed by atoms with E-state index in [4.69, 9.17) is 16.3 Å². The lowest BCUT2D eigenvalue weighted by atomic mass is 10.1. The number of carbonyl (C=O) groups excluding carboxylic acids is 1. The molecule has 5 nitrogen and oxygen atoms in total. The molecule has 0 radical (unpaired) electrons. The maximum atomic E-state index is 13.6. The Balaban J connectivity index is 1.76. The standard InChI is InChI=1S/C20H19ClFN3O2/c1-2-4-17-20(19(25-24-17)13-5-3-6-15(22)11-13)23-18(26)12-27-16-9-7-14(21)8-10-16/h3,5-11H,2,4,12H2,1H3,(H,23,26)(H,24,25). The van der Waals surface area contributed by atoms with Crippen molar-refractivity contribution in [3.8, 4) is 17.0 Å². The Morgan fingerprint density at radius 1 is 1.26 bits per heavy atom. The molecule has 0 spiro atoms. The third-order valence-electron chi connectivity index (χ3n) is 3.89. The van der Waals surface area contributed by atoms with E-state index in [-0.39, 0.29) is 18.3 Å². The molecule has 0 atom stereocenters. The van der Waals surface area contributed by atoms with Crippen LogP contribution in [-0.4, -0.2) is 22.7 Å². The molecular weight excluding hydrogens is 369 g/mol. The number of nitrogens with one attached hydrogen (secondary N) is 2. The number of aryl methyl sites for hydroxylation is 1. The van der Waals surface area contributed by atoms with Gasteiger partial charge in [-0.2, -0.15) is 5.10 Å². The third-order valence-corrected chi connectivity index (χ3v) is 4.14. The highest BCUT2D eigenvalue weighted by molar-refractivity contribution is 6.30. The van der Waals surface area contributed by atoms with E-state index in [2.05, 4.69) is 15.5 Å². The fraction of sp³-hybridized carbons (Fsp3) is 0.200. The van der Waals surface area contributed by atoms with Crippen molar-refractivity contribution in [1.29, 1.82) is 0 Å². The van der Waals surface area contributed by atoms with Crippen LogP contribution in [0, 0.1) is 5.82 Å². The van der Waals surface area contributed by atoms with E-state index < -0.39 is 0 Å². The van der Waals surface area contributed by atoms with E-state index >= 15 is 0 Å². The van der Waals surface area contributed by atoms with E-state index in [0.717, 1.165) is 12.1 Å². The zero-order valence-corrected chi connectivity index (χ0v) is 15.5. The van der Waals surface area contributed by atoms with Crippen molar-refractivity contribution in [2.75, 3.05) is 11.9 Å². The minimum absolute atomic E-state index is 0.166. The van der Waals surface area contributed by atoms with Crippen molar-refractivity contribution in [2.24, 2.45) is 0 Å². The fourth-order valence-corrected chi connectivity index (χ4v) is 2.77. The lowest BCUT2D eigenvalue weighted by molar-refractivity contribution is -0.118. The van der Waals surface area contributed by atoms with Gasteiger partial charge in [-0.3, -0.25) is 9.89 Å². The van der Waals surface area contributed by atoms with E-state index in [1.807, 2.05) is 6.92 Å². The van der Waals surface area contributed by atoms with Crippen LogP contribution in [0.15, 0.2) is 48.5 Å². The van der Waals surface area contributed by atoms with E-state index in [0.29, 0.717) is 34.1 Å². The molecule has 3 aromatic rings. The SMILES string of the molecule is CCCc1[nH]nc(-c2cccc(F)c2)c1NC(=O)COc1ccc(Cl)cc1. The highest BCUT2D eigenvalue weighted by atomic mass is 35.5. The Bertz CT molecular complexity index is 925. The van der Waals surface area contributed by atoms with Crippen molar-refractivity contribution in [3.63, 3.8) is 0 Å². The highest BCUT2D eigenvalue weighted by Gasteiger charge is 2.17. The molecule has 1 amide bonds. The molecule has 0 fully saturated rings. The minimum Gasteiger partial charge on any atom is -0.484 e. The molecule has 2 aromatic carbocycles. The van der Waals surface area contributed by atoms with Crippen LogP contribution < -0.4 is 10.1 Å². The number of carbonyl (C=O) groups is 1. The Kier molecular flexibility index (Phi) is 6.08. The number of benzene rings is 2. The molecule has 7 heteroatoms. The van der Waals surface area contributed by atoms with E-state index in [1.54, 1.807) is 36.4 Å². The quantitative estimate of drug-likeness (QED) is 0.609.